The molecule has 1 aromatic rings. The third-order valence-corrected chi connectivity index (χ3v) is 3.03. The first kappa shape index (κ1) is 17.0. The number of nitrogens with two attached hydrogens (primary N) is 1. The number of nitrogens with zero attached hydrogens (tertiary/aromatic N) is 1. The first-order chi connectivity index (χ1) is 9.92. The second kappa shape index (κ2) is 8.26. The van der Waals surface area contributed by atoms with E-state index in [0.717, 1.165) is 11.3 Å². The summed E-state index contributed by atoms with van der Waals surface area (Å²) in [5.74, 6) is -0.111. The van der Waals surface area contributed by atoms with Crippen LogP contribution in [0.2, 0.25) is 0 Å². The van der Waals surface area contributed by atoms with E-state index in [2.05, 4.69) is 10.6 Å². The lowest BCUT2D eigenvalue weighted by Gasteiger charge is -2.16. The van der Waals surface area contributed by atoms with E-state index in [-0.39, 0.29) is 11.8 Å². The number of hydrogen-bond acceptors (Lipinski definition) is 4. The van der Waals surface area contributed by atoms with E-state index in [9.17, 15) is 9.59 Å². The fourth-order valence-corrected chi connectivity index (χ4v) is 1.91. The van der Waals surface area contributed by atoms with Crippen molar-refractivity contribution in [3.05, 3.63) is 23.8 Å². The van der Waals surface area contributed by atoms with Gasteiger partial charge in [-0.2, -0.15) is 0 Å². The molecule has 1 rings (SSSR count). The Balaban J connectivity index is 2.38. The van der Waals surface area contributed by atoms with Crippen LogP contribution < -0.4 is 16.4 Å². The molecule has 0 saturated carbocycles. The monoisotopic (exact) mass is 292 g/mol. The number of nitrogens with one attached hydrogen (secondary N) is 2. The van der Waals surface area contributed by atoms with Crippen molar-refractivity contribution in [1.82, 2.24) is 10.2 Å². The molecule has 4 N–H and O–H groups in total. The molecule has 0 heterocycles. The topological polar surface area (TPSA) is 87.5 Å². The molecule has 0 saturated heterocycles. The molecule has 0 atom stereocenters. The highest BCUT2D eigenvalue weighted by Crippen LogP contribution is 2.17. The highest BCUT2D eigenvalue weighted by molar-refractivity contribution is 5.91. The first-order valence-corrected chi connectivity index (χ1v) is 7.03. The molecule has 116 valence electrons. The molecule has 0 spiro atoms. The number of nitrogen functional groups attached to an aromatic ring is 1. The lowest BCUT2D eigenvalue weighted by Crippen LogP contribution is -2.36. The molecule has 0 fully saturated rings. The van der Waals surface area contributed by atoms with E-state index >= 15 is 0 Å². The van der Waals surface area contributed by atoms with E-state index in [1.54, 1.807) is 12.1 Å². The summed E-state index contributed by atoms with van der Waals surface area (Å²) in [6.07, 6.45) is 0.333. The molecular formula is C15H24N4O2. The van der Waals surface area contributed by atoms with Gasteiger partial charge in [0.1, 0.15) is 0 Å². The van der Waals surface area contributed by atoms with Gasteiger partial charge in [-0.15, -0.1) is 0 Å². The average molecular weight is 292 g/mol. The Bertz CT molecular complexity index is 502. The standard InChI is InChI=1S/C15H24N4O2/c1-4-17-15(21)10-19(3)8-7-14(20)18-13-6-5-12(16)9-11(13)2/h5-6,9H,4,7-8,10,16H2,1-3H3,(H,17,21)(H,18,20). The summed E-state index contributed by atoms with van der Waals surface area (Å²) in [4.78, 5) is 25.1. The molecule has 0 aliphatic rings. The van der Waals surface area contributed by atoms with Crippen molar-refractivity contribution < 1.29 is 9.59 Å². The number of benzene rings is 1. The van der Waals surface area contributed by atoms with Gasteiger partial charge in [0.2, 0.25) is 11.8 Å². The SMILES string of the molecule is CCNC(=O)CN(C)CCC(=O)Nc1ccc(N)cc1C. The van der Waals surface area contributed by atoms with Crippen molar-refractivity contribution in [2.45, 2.75) is 20.3 Å². The fraction of sp³-hybridized carbons (Fsp3) is 0.467. The largest absolute Gasteiger partial charge is 0.399 e. The lowest BCUT2D eigenvalue weighted by molar-refractivity contribution is -0.122. The Morgan fingerprint density at radius 3 is 2.62 bits per heavy atom. The summed E-state index contributed by atoms with van der Waals surface area (Å²) < 4.78 is 0. The van der Waals surface area contributed by atoms with Crippen molar-refractivity contribution in [1.29, 1.82) is 0 Å². The minimum absolute atomic E-state index is 0.0326. The van der Waals surface area contributed by atoms with Crippen LogP contribution in [0.5, 0.6) is 0 Å². The summed E-state index contributed by atoms with van der Waals surface area (Å²) in [5, 5.41) is 5.57. The van der Waals surface area contributed by atoms with Crippen LogP contribution in [0.25, 0.3) is 0 Å². The van der Waals surface area contributed by atoms with E-state index in [0.29, 0.717) is 31.7 Å². The molecule has 0 unspecified atom stereocenters. The Labute approximate surface area is 125 Å². The second-order valence-corrected chi connectivity index (χ2v) is 5.06. The van der Waals surface area contributed by atoms with Crippen molar-refractivity contribution in [2.75, 3.05) is 37.7 Å². The van der Waals surface area contributed by atoms with E-state index < -0.39 is 0 Å². The molecule has 0 aliphatic carbocycles. The van der Waals surface area contributed by atoms with Gasteiger partial charge in [-0.1, -0.05) is 0 Å². The van der Waals surface area contributed by atoms with Gasteiger partial charge in [-0.05, 0) is 44.7 Å². The maximum absolute atomic E-state index is 11.9. The summed E-state index contributed by atoms with van der Waals surface area (Å²) >= 11 is 0. The minimum Gasteiger partial charge on any atom is -0.399 e. The van der Waals surface area contributed by atoms with Crippen LogP contribution >= 0.6 is 0 Å². The van der Waals surface area contributed by atoms with Crippen LogP contribution in [0.3, 0.4) is 0 Å². The molecule has 0 bridgehead atoms. The van der Waals surface area contributed by atoms with Crippen molar-refractivity contribution >= 4 is 23.2 Å². The average Bonchev–Trinajstić information content (AvgIpc) is 2.40. The predicted molar refractivity (Wildman–Crippen MR) is 85.0 cm³/mol. The van der Waals surface area contributed by atoms with Gasteiger partial charge < -0.3 is 16.4 Å². The number of aryl methyl sites for hydroxylation is 1. The van der Waals surface area contributed by atoms with E-state index in [4.69, 9.17) is 5.73 Å². The number of carbonyl (C=O) groups excluding carboxylic acids is 2. The predicted octanol–water partition coefficient (Wildman–Crippen LogP) is 0.974. The number of likely N-dealkylation sites (N-methyl/N-ethyl adjacent to an activating group) is 2. The van der Waals surface area contributed by atoms with Gasteiger partial charge >= 0.3 is 0 Å². The molecule has 6 heteroatoms. The highest BCUT2D eigenvalue weighted by atomic mass is 16.2. The van der Waals surface area contributed by atoms with Crippen molar-refractivity contribution in [2.24, 2.45) is 0 Å². The molecule has 0 aromatic heterocycles. The Morgan fingerprint density at radius 1 is 1.29 bits per heavy atom. The van der Waals surface area contributed by atoms with Gasteiger partial charge in [0, 0.05) is 30.9 Å². The lowest BCUT2D eigenvalue weighted by atomic mass is 10.2. The molecular weight excluding hydrogens is 268 g/mol. The second-order valence-electron chi connectivity index (χ2n) is 5.06. The molecule has 6 nitrogen and oxygen atoms in total. The molecule has 2 amide bonds. The van der Waals surface area contributed by atoms with E-state index in [1.807, 2.05) is 31.9 Å². The summed E-state index contributed by atoms with van der Waals surface area (Å²) in [7, 11) is 1.82. The molecule has 1 aromatic carbocycles. The smallest absolute Gasteiger partial charge is 0.234 e. The maximum Gasteiger partial charge on any atom is 0.234 e. The number of carbonyl (C=O) groups is 2. The van der Waals surface area contributed by atoms with Crippen LogP contribution in [0.15, 0.2) is 18.2 Å². The Hall–Kier alpha value is -2.08. The number of hydrogen-bond donors (Lipinski definition) is 3. The third kappa shape index (κ3) is 6.27. The first-order valence-electron chi connectivity index (χ1n) is 7.03. The van der Waals surface area contributed by atoms with Crippen LogP contribution in [0, 0.1) is 6.92 Å². The summed E-state index contributed by atoms with van der Waals surface area (Å²) in [6.45, 7) is 5.20. The van der Waals surface area contributed by atoms with Crippen molar-refractivity contribution in [3.8, 4) is 0 Å². The van der Waals surface area contributed by atoms with Gasteiger partial charge in [0.15, 0.2) is 0 Å². The third-order valence-electron chi connectivity index (χ3n) is 3.03. The van der Waals surface area contributed by atoms with E-state index in [1.165, 1.54) is 0 Å². The molecule has 0 aliphatic heterocycles. The van der Waals surface area contributed by atoms with Gasteiger partial charge in [-0.3, -0.25) is 14.5 Å². The normalized spacial score (nSPS) is 10.5. The van der Waals surface area contributed by atoms with Crippen LogP contribution in [-0.2, 0) is 9.59 Å². The van der Waals surface area contributed by atoms with Crippen LogP contribution in [0.4, 0.5) is 11.4 Å². The Kier molecular flexibility index (Phi) is 6.68. The van der Waals surface area contributed by atoms with Crippen LogP contribution in [0.1, 0.15) is 18.9 Å². The zero-order valence-electron chi connectivity index (χ0n) is 12.9. The van der Waals surface area contributed by atoms with Crippen LogP contribution in [-0.4, -0.2) is 43.4 Å². The minimum atomic E-state index is -0.0781. The van der Waals surface area contributed by atoms with Crippen molar-refractivity contribution in [3.63, 3.8) is 0 Å². The number of rotatable bonds is 7. The highest BCUT2D eigenvalue weighted by Gasteiger charge is 2.09. The summed E-state index contributed by atoms with van der Waals surface area (Å²) in [6, 6.07) is 5.36. The fourth-order valence-electron chi connectivity index (χ4n) is 1.91. The molecule has 21 heavy (non-hydrogen) atoms. The number of amides is 2. The Morgan fingerprint density at radius 2 is 2.00 bits per heavy atom. The van der Waals surface area contributed by atoms with Gasteiger partial charge in [-0.25, -0.2) is 0 Å². The van der Waals surface area contributed by atoms with Gasteiger partial charge in [0.25, 0.3) is 0 Å². The number of anilines is 2. The van der Waals surface area contributed by atoms with Gasteiger partial charge in [0.05, 0.1) is 6.54 Å². The maximum atomic E-state index is 11.9. The zero-order valence-corrected chi connectivity index (χ0v) is 12.9. The summed E-state index contributed by atoms with van der Waals surface area (Å²) in [5.41, 5.74) is 8.04. The quantitative estimate of drug-likeness (QED) is 0.654. The molecule has 0 radical (unpaired) electrons. The zero-order chi connectivity index (χ0) is 15.8.